The highest BCUT2D eigenvalue weighted by Gasteiger charge is 2.07. The van der Waals surface area contributed by atoms with Crippen LogP contribution in [0.25, 0.3) is 0 Å². The molecule has 5 heteroatoms. The number of carbonyl (C=O) groups excluding carboxylic acids is 1. The fourth-order valence-corrected chi connectivity index (χ4v) is 1.66. The first kappa shape index (κ1) is 14.0. The number of unbranched alkanes of at least 4 members (excludes halogenated alkanes) is 1. The maximum Gasteiger partial charge on any atom is 0.271 e. The summed E-state index contributed by atoms with van der Waals surface area (Å²) < 4.78 is 0. The average Bonchev–Trinajstić information content (AvgIpc) is 2.49. The van der Waals surface area contributed by atoms with E-state index >= 15 is 0 Å². The fraction of sp³-hybridized carbons (Fsp3) is 0.267. The molecule has 0 aliphatic heterocycles. The van der Waals surface area contributed by atoms with Crippen LogP contribution >= 0.6 is 0 Å². The maximum absolute atomic E-state index is 11.8. The summed E-state index contributed by atoms with van der Waals surface area (Å²) in [5, 5.41) is 13.9. The van der Waals surface area contributed by atoms with Gasteiger partial charge in [-0.25, -0.2) is 0 Å². The van der Waals surface area contributed by atoms with E-state index in [2.05, 4.69) is 27.8 Å². The number of benzene rings is 1. The first-order chi connectivity index (χ1) is 9.79. The number of amides is 1. The van der Waals surface area contributed by atoms with Crippen LogP contribution in [0.2, 0.25) is 0 Å². The van der Waals surface area contributed by atoms with Gasteiger partial charge in [0.25, 0.3) is 5.91 Å². The number of nitrogens with zero attached hydrogens (tertiary/aromatic N) is 2. The normalized spacial score (nSPS) is 10.1. The van der Waals surface area contributed by atoms with E-state index in [0.29, 0.717) is 18.1 Å². The van der Waals surface area contributed by atoms with Crippen molar-refractivity contribution in [3.8, 4) is 0 Å². The summed E-state index contributed by atoms with van der Waals surface area (Å²) in [4.78, 5) is 11.8. The molecule has 0 spiro atoms. The van der Waals surface area contributed by atoms with Gasteiger partial charge in [-0.2, -0.15) is 0 Å². The number of aromatic nitrogens is 2. The molecule has 104 valence electrons. The van der Waals surface area contributed by atoms with Crippen molar-refractivity contribution in [2.45, 2.75) is 19.8 Å². The smallest absolute Gasteiger partial charge is 0.271 e. The van der Waals surface area contributed by atoms with Gasteiger partial charge in [-0.3, -0.25) is 4.79 Å². The van der Waals surface area contributed by atoms with Crippen molar-refractivity contribution in [2.75, 3.05) is 11.9 Å². The molecule has 2 N–H and O–H groups in total. The van der Waals surface area contributed by atoms with Crippen LogP contribution in [0.15, 0.2) is 42.5 Å². The van der Waals surface area contributed by atoms with Crippen LogP contribution in [0.5, 0.6) is 0 Å². The zero-order chi connectivity index (χ0) is 14.2. The largest absolute Gasteiger partial charge is 0.351 e. The molecule has 0 atom stereocenters. The monoisotopic (exact) mass is 270 g/mol. The van der Waals surface area contributed by atoms with E-state index in [1.54, 1.807) is 12.1 Å². The fourth-order valence-electron chi connectivity index (χ4n) is 1.66. The third-order valence-electron chi connectivity index (χ3n) is 2.76. The topological polar surface area (TPSA) is 66.9 Å². The van der Waals surface area contributed by atoms with Gasteiger partial charge in [0.2, 0.25) is 0 Å². The van der Waals surface area contributed by atoms with Gasteiger partial charge in [-0.15, -0.1) is 10.2 Å². The highest BCUT2D eigenvalue weighted by atomic mass is 16.1. The lowest BCUT2D eigenvalue weighted by Crippen LogP contribution is -2.25. The quantitative estimate of drug-likeness (QED) is 0.792. The Morgan fingerprint density at radius 2 is 1.90 bits per heavy atom. The van der Waals surface area contributed by atoms with Crippen molar-refractivity contribution in [3.05, 3.63) is 48.2 Å². The molecule has 0 unspecified atom stereocenters. The zero-order valence-electron chi connectivity index (χ0n) is 11.5. The predicted octanol–water partition coefficient (Wildman–Crippen LogP) is 2.75. The molecule has 2 aromatic rings. The Morgan fingerprint density at radius 3 is 2.55 bits per heavy atom. The second-order valence-corrected chi connectivity index (χ2v) is 4.40. The minimum absolute atomic E-state index is 0.183. The van der Waals surface area contributed by atoms with Gasteiger partial charge in [-0.05, 0) is 30.7 Å². The second-order valence-electron chi connectivity index (χ2n) is 4.40. The molecule has 0 bridgehead atoms. The Hall–Kier alpha value is -2.43. The standard InChI is InChI=1S/C15H18N4O/c1-2-3-11-16-15(20)13-9-10-14(19-18-13)17-12-7-5-4-6-8-12/h4-10H,2-3,11H2,1H3,(H,16,20)(H,17,19). The van der Waals surface area contributed by atoms with Crippen LogP contribution in [0.1, 0.15) is 30.3 Å². The molecule has 20 heavy (non-hydrogen) atoms. The highest BCUT2D eigenvalue weighted by molar-refractivity contribution is 5.92. The molecule has 0 saturated heterocycles. The molecule has 0 fully saturated rings. The molecule has 5 nitrogen and oxygen atoms in total. The zero-order valence-corrected chi connectivity index (χ0v) is 11.5. The highest BCUT2D eigenvalue weighted by Crippen LogP contribution is 2.12. The number of hydrogen-bond donors (Lipinski definition) is 2. The van der Waals surface area contributed by atoms with Gasteiger partial charge in [0.15, 0.2) is 11.5 Å². The molecule has 0 aliphatic carbocycles. The third kappa shape index (κ3) is 4.05. The van der Waals surface area contributed by atoms with Crippen LogP contribution in [0, 0.1) is 0 Å². The lowest BCUT2D eigenvalue weighted by Gasteiger charge is -2.06. The summed E-state index contributed by atoms with van der Waals surface area (Å²) in [5.41, 5.74) is 1.27. The minimum atomic E-state index is -0.183. The van der Waals surface area contributed by atoms with Crippen molar-refractivity contribution >= 4 is 17.4 Å². The SMILES string of the molecule is CCCCNC(=O)c1ccc(Nc2ccccc2)nn1. The molecule has 1 aromatic heterocycles. The Morgan fingerprint density at radius 1 is 1.10 bits per heavy atom. The minimum Gasteiger partial charge on any atom is -0.351 e. The summed E-state index contributed by atoms with van der Waals surface area (Å²) in [5.74, 6) is 0.429. The molecular weight excluding hydrogens is 252 g/mol. The Kier molecular flexibility index (Phi) is 5.06. The molecule has 0 saturated carbocycles. The lowest BCUT2D eigenvalue weighted by atomic mass is 10.3. The predicted molar refractivity (Wildman–Crippen MR) is 79.0 cm³/mol. The van der Waals surface area contributed by atoms with Gasteiger partial charge in [-0.1, -0.05) is 31.5 Å². The van der Waals surface area contributed by atoms with Crippen LogP contribution < -0.4 is 10.6 Å². The maximum atomic E-state index is 11.8. The molecule has 0 radical (unpaired) electrons. The molecule has 0 aliphatic rings. The Labute approximate surface area is 118 Å². The van der Waals surface area contributed by atoms with Crippen molar-refractivity contribution in [3.63, 3.8) is 0 Å². The Bertz CT molecular complexity index is 540. The van der Waals surface area contributed by atoms with E-state index in [0.717, 1.165) is 18.5 Å². The lowest BCUT2D eigenvalue weighted by molar-refractivity contribution is 0.0947. The molecule has 2 rings (SSSR count). The number of rotatable bonds is 6. The van der Waals surface area contributed by atoms with Crippen molar-refractivity contribution < 1.29 is 4.79 Å². The third-order valence-corrected chi connectivity index (χ3v) is 2.76. The first-order valence-corrected chi connectivity index (χ1v) is 6.73. The van der Waals surface area contributed by atoms with Crippen molar-refractivity contribution in [1.29, 1.82) is 0 Å². The van der Waals surface area contributed by atoms with Gasteiger partial charge < -0.3 is 10.6 Å². The van der Waals surface area contributed by atoms with Gasteiger partial charge >= 0.3 is 0 Å². The number of para-hydroxylation sites is 1. The van der Waals surface area contributed by atoms with E-state index in [4.69, 9.17) is 0 Å². The summed E-state index contributed by atoms with van der Waals surface area (Å²) in [7, 11) is 0. The molecular formula is C15H18N4O. The number of hydrogen-bond acceptors (Lipinski definition) is 4. The Balaban J connectivity index is 1.94. The van der Waals surface area contributed by atoms with Gasteiger partial charge in [0, 0.05) is 12.2 Å². The van der Waals surface area contributed by atoms with E-state index in [1.807, 2.05) is 30.3 Å². The summed E-state index contributed by atoms with van der Waals surface area (Å²) in [6.45, 7) is 2.75. The molecule has 1 aromatic carbocycles. The van der Waals surface area contributed by atoms with Crippen LogP contribution in [0.4, 0.5) is 11.5 Å². The van der Waals surface area contributed by atoms with E-state index in [9.17, 15) is 4.79 Å². The summed E-state index contributed by atoms with van der Waals surface area (Å²) >= 11 is 0. The van der Waals surface area contributed by atoms with Crippen LogP contribution in [-0.2, 0) is 0 Å². The van der Waals surface area contributed by atoms with E-state index in [1.165, 1.54) is 0 Å². The summed E-state index contributed by atoms with van der Waals surface area (Å²) in [6.07, 6.45) is 2.01. The van der Waals surface area contributed by atoms with Crippen molar-refractivity contribution in [1.82, 2.24) is 15.5 Å². The summed E-state index contributed by atoms with van der Waals surface area (Å²) in [6, 6.07) is 13.1. The molecule has 1 amide bonds. The van der Waals surface area contributed by atoms with E-state index in [-0.39, 0.29) is 5.91 Å². The van der Waals surface area contributed by atoms with Crippen LogP contribution in [0.3, 0.4) is 0 Å². The second kappa shape index (κ2) is 7.23. The first-order valence-electron chi connectivity index (χ1n) is 6.73. The molecule has 1 heterocycles. The van der Waals surface area contributed by atoms with Gasteiger partial charge in [0.05, 0.1) is 0 Å². The number of nitrogens with one attached hydrogen (secondary N) is 2. The number of anilines is 2. The number of carbonyl (C=O) groups is 1. The average molecular weight is 270 g/mol. The van der Waals surface area contributed by atoms with Gasteiger partial charge in [0.1, 0.15) is 0 Å². The van der Waals surface area contributed by atoms with E-state index < -0.39 is 0 Å². The van der Waals surface area contributed by atoms with Crippen molar-refractivity contribution in [2.24, 2.45) is 0 Å². The van der Waals surface area contributed by atoms with Crippen LogP contribution in [-0.4, -0.2) is 22.6 Å².